The molecular weight excluding hydrogens is 354 g/mol. The summed E-state index contributed by atoms with van der Waals surface area (Å²) in [5, 5.41) is 13.8. The van der Waals surface area contributed by atoms with Crippen LogP contribution in [0.4, 0.5) is 5.69 Å². The predicted octanol–water partition coefficient (Wildman–Crippen LogP) is 1.98. The number of aromatic nitrogens is 2. The first-order valence-electron chi connectivity index (χ1n) is 8.37. The van der Waals surface area contributed by atoms with Crippen LogP contribution in [-0.2, 0) is 11.8 Å². The van der Waals surface area contributed by atoms with Crippen molar-refractivity contribution in [2.24, 2.45) is 7.05 Å². The maximum absolute atomic E-state index is 13.0. The summed E-state index contributed by atoms with van der Waals surface area (Å²) < 4.78 is 1.94. The van der Waals surface area contributed by atoms with E-state index in [0.29, 0.717) is 13.1 Å². The van der Waals surface area contributed by atoms with Gasteiger partial charge >= 0.3 is 0 Å². The molecule has 2 unspecified atom stereocenters. The molecular formula is C17H21N5O3S. The number of nitrogens with one attached hydrogen (secondary N) is 1. The molecule has 2 aromatic rings. The third-order valence-electron chi connectivity index (χ3n) is 4.39. The van der Waals surface area contributed by atoms with Crippen LogP contribution in [0, 0.1) is 10.1 Å². The fraction of sp³-hybridized carbons (Fsp3) is 0.412. The summed E-state index contributed by atoms with van der Waals surface area (Å²) in [5.74, 6) is 0.904. The molecule has 1 aliphatic rings. The van der Waals surface area contributed by atoms with E-state index < -0.39 is 4.92 Å². The summed E-state index contributed by atoms with van der Waals surface area (Å²) in [6.07, 6.45) is 3.61. The van der Waals surface area contributed by atoms with Gasteiger partial charge in [-0.3, -0.25) is 14.9 Å². The lowest BCUT2D eigenvalue weighted by Crippen LogP contribution is -2.51. The molecule has 26 heavy (non-hydrogen) atoms. The molecule has 0 bridgehead atoms. The zero-order valence-electron chi connectivity index (χ0n) is 14.7. The molecule has 1 fully saturated rings. The van der Waals surface area contributed by atoms with E-state index >= 15 is 0 Å². The number of thioether (sulfide) groups is 1. The van der Waals surface area contributed by atoms with Crippen molar-refractivity contribution in [1.29, 1.82) is 0 Å². The first kappa shape index (κ1) is 18.4. The second-order valence-corrected chi connectivity index (χ2v) is 7.57. The highest BCUT2D eigenvalue weighted by Crippen LogP contribution is 2.29. The van der Waals surface area contributed by atoms with E-state index in [2.05, 4.69) is 10.3 Å². The minimum atomic E-state index is -0.429. The zero-order chi connectivity index (χ0) is 18.7. The normalized spacial score (nSPS) is 18.5. The van der Waals surface area contributed by atoms with Crippen molar-refractivity contribution in [3.8, 4) is 0 Å². The summed E-state index contributed by atoms with van der Waals surface area (Å²) in [7, 11) is 1.93. The average Bonchev–Trinajstić information content (AvgIpc) is 3.07. The first-order chi connectivity index (χ1) is 12.5. The van der Waals surface area contributed by atoms with E-state index in [9.17, 15) is 14.9 Å². The van der Waals surface area contributed by atoms with Crippen LogP contribution in [0.3, 0.4) is 0 Å². The van der Waals surface area contributed by atoms with Gasteiger partial charge in [-0.05, 0) is 19.1 Å². The summed E-state index contributed by atoms with van der Waals surface area (Å²) in [6.45, 7) is 3.92. The molecule has 1 aromatic carbocycles. The van der Waals surface area contributed by atoms with Gasteiger partial charge in [0, 0.05) is 56.1 Å². The number of carbonyl (C=O) groups is 1. The maximum Gasteiger partial charge on any atom is 0.269 e. The van der Waals surface area contributed by atoms with Crippen molar-refractivity contribution in [2.75, 3.05) is 19.6 Å². The van der Waals surface area contributed by atoms with Crippen molar-refractivity contribution < 1.29 is 9.72 Å². The largest absolute Gasteiger partial charge is 0.336 e. The van der Waals surface area contributed by atoms with Crippen molar-refractivity contribution in [1.82, 2.24) is 19.8 Å². The molecule has 8 nitrogen and oxygen atoms in total. The van der Waals surface area contributed by atoms with Gasteiger partial charge in [0.2, 0.25) is 5.91 Å². The molecule has 0 saturated carbocycles. The van der Waals surface area contributed by atoms with Crippen LogP contribution in [0.5, 0.6) is 0 Å². The molecule has 9 heteroatoms. The summed E-state index contributed by atoms with van der Waals surface area (Å²) in [5.41, 5.74) is 0.0466. The molecule has 0 radical (unpaired) electrons. The summed E-state index contributed by atoms with van der Waals surface area (Å²) in [4.78, 5) is 30.5. The quantitative estimate of drug-likeness (QED) is 0.488. The molecule has 1 amide bonds. The van der Waals surface area contributed by atoms with Crippen LogP contribution in [0.1, 0.15) is 18.8 Å². The van der Waals surface area contributed by atoms with Crippen LogP contribution in [0.25, 0.3) is 0 Å². The third kappa shape index (κ3) is 3.88. The van der Waals surface area contributed by atoms with Crippen LogP contribution in [0.2, 0.25) is 0 Å². The minimum absolute atomic E-state index is 0.0443. The van der Waals surface area contributed by atoms with E-state index in [1.807, 2.05) is 29.6 Å². The molecule has 138 valence electrons. The van der Waals surface area contributed by atoms with Gasteiger partial charge in [-0.15, -0.1) is 11.8 Å². The molecule has 0 aliphatic carbocycles. The standard InChI is InChI=1S/C17H21N5O3S/c1-12(26-14-5-3-13(4-6-14)22(24)25)17(23)21-10-7-18-11-15(21)16-19-8-9-20(16)2/h3-6,8-9,12,15,18H,7,10-11H2,1-2H3. The van der Waals surface area contributed by atoms with Crippen LogP contribution in [0.15, 0.2) is 41.6 Å². The highest BCUT2D eigenvalue weighted by Gasteiger charge is 2.33. The number of aryl methyl sites for hydroxylation is 1. The van der Waals surface area contributed by atoms with E-state index in [-0.39, 0.29) is 22.9 Å². The molecule has 1 aromatic heterocycles. The Kier molecular flexibility index (Phi) is 5.58. The zero-order valence-corrected chi connectivity index (χ0v) is 15.5. The maximum atomic E-state index is 13.0. The lowest BCUT2D eigenvalue weighted by atomic mass is 10.1. The topological polar surface area (TPSA) is 93.3 Å². The Balaban J connectivity index is 1.71. The summed E-state index contributed by atoms with van der Waals surface area (Å²) in [6, 6.07) is 6.18. The Morgan fingerprint density at radius 1 is 1.42 bits per heavy atom. The molecule has 2 atom stereocenters. The number of imidazole rings is 1. The fourth-order valence-electron chi connectivity index (χ4n) is 3.03. The smallest absolute Gasteiger partial charge is 0.269 e. The van der Waals surface area contributed by atoms with Crippen molar-refractivity contribution in [2.45, 2.75) is 23.1 Å². The molecule has 1 saturated heterocycles. The number of piperazine rings is 1. The molecule has 1 aliphatic heterocycles. The Labute approximate surface area is 155 Å². The Bertz CT molecular complexity index is 792. The van der Waals surface area contributed by atoms with Crippen LogP contribution in [-0.4, -0.2) is 50.2 Å². The molecule has 1 N–H and O–H groups in total. The third-order valence-corrected chi connectivity index (χ3v) is 5.49. The van der Waals surface area contributed by atoms with E-state index in [1.54, 1.807) is 18.3 Å². The number of nitro benzene ring substituents is 1. The highest BCUT2D eigenvalue weighted by atomic mass is 32.2. The number of rotatable bonds is 5. The monoisotopic (exact) mass is 375 g/mol. The van der Waals surface area contributed by atoms with Crippen molar-refractivity contribution >= 4 is 23.4 Å². The number of hydrogen-bond donors (Lipinski definition) is 1. The second-order valence-electron chi connectivity index (χ2n) is 6.16. The highest BCUT2D eigenvalue weighted by molar-refractivity contribution is 8.00. The van der Waals surface area contributed by atoms with Crippen LogP contribution < -0.4 is 5.32 Å². The minimum Gasteiger partial charge on any atom is -0.336 e. The summed E-state index contributed by atoms with van der Waals surface area (Å²) >= 11 is 1.41. The van der Waals surface area contributed by atoms with Gasteiger partial charge in [0.15, 0.2) is 0 Å². The lowest BCUT2D eigenvalue weighted by Gasteiger charge is -2.37. The number of carbonyl (C=O) groups excluding carboxylic acids is 1. The van der Waals surface area contributed by atoms with Gasteiger partial charge in [-0.25, -0.2) is 4.98 Å². The SMILES string of the molecule is CC(Sc1ccc([N+](=O)[O-])cc1)C(=O)N1CCNCC1c1nccn1C. The van der Waals surface area contributed by atoms with Crippen molar-refractivity contribution in [3.05, 3.63) is 52.6 Å². The van der Waals surface area contributed by atoms with Crippen molar-refractivity contribution in [3.63, 3.8) is 0 Å². The predicted molar refractivity (Wildman–Crippen MR) is 98.9 cm³/mol. The fourth-order valence-corrected chi connectivity index (χ4v) is 3.97. The number of amides is 1. The average molecular weight is 375 g/mol. The number of non-ortho nitro benzene ring substituents is 1. The van der Waals surface area contributed by atoms with Gasteiger partial charge in [0.25, 0.3) is 5.69 Å². The Morgan fingerprint density at radius 2 is 2.15 bits per heavy atom. The van der Waals surface area contributed by atoms with Gasteiger partial charge in [0.1, 0.15) is 11.9 Å². The Hall–Kier alpha value is -2.39. The van der Waals surface area contributed by atoms with E-state index in [1.165, 1.54) is 23.9 Å². The Morgan fingerprint density at radius 3 is 2.77 bits per heavy atom. The van der Waals surface area contributed by atoms with Gasteiger partial charge in [-0.1, -0.05) is 0 Å². The van der Waals surface area contributed by atoms with Gasteiger partial charge in [0.05, 0.1) is 10.2 Å². The first-order valence-corrected chi connectivity index (χ1v) is 9.25. The van der Waals surface area contributed by atoms with Crippen LogP contribution >= 0.6 is 11.8 Å². The molecule has 3 rings (SSSR count). The van der Waals surface area contributed by atoms with Gasteiger partial charge < -0.3 is 14.8 Å². The number of nitrogens with zero attached hydrogens (tertiary/aromatic N) is 4. The lowest BCUT2D eigenvalue weighted by molar-refractivity contribution is -0.384. The molecule has 0 spiro atoms. The molecule has 2 heterocycles. The van der Waals surface area contributed by atoms with E-state index in [0.717, 1.165) is 17.3 Å². The van der Waals surface area contributed by atoms with Gasteiger partial charge in [-0.2, -0.15) is 0 Å². The number of hydrogen-bond acceptors (Lipinski definition) is 6. The number of nitro groups is 1. The number of benzene rings is 1. The van der Waals surface area contributed by atoms with E-state index in [4.69, 9.17) is 0 Å². The second kappa shape index (κ2) is 7.88.